The van der Waals surface area contributed by atoms with Gasteiger partial charge in [-0.1, -0.05) is 53.3 Å². The average molecular weight is 451 g/mol. The van der Waals surface area contributed by atoms with E-state index in [2.05, 4.69) is 34.7 Å². The number of nitrogens with zero attached hydrogens (tertiary/aromatic N) is 2. The molecule has 0 fully saturated rings. The monoisotopic (exact) mass is 450 g/mol. The van der Waals surface area contributed by atoms with E-state index in [4.69, 9.17) is 4.98 Å². The lowest BCUT2D eigenvalue weighted by molar-refractivity contribution is 0.102. The van der Waals surface area contributed by atoms with Gasteiger partial charge in [0.25, 0.3) is 5.91 Å². The number of fused-ring (bicyclic) bond motifs is 1. The number of benzene rings is 3. The highest BCUT2D eigenvalue weighted by Crippen LogP contribution is 2.30. The first kappa shape index (κ1) is 20.8. The van der Waals surface area contributed by atoms with Gasteiger partial charge in [-0.25, -0.2) is 9.97 Å². The van der Waals surface area contributed by atoms with Crippen molar-refractivity contribution in [2.45, 2.75) is 13.8 Å². The SMILES string of the molecule is Cc1ccc(Nc2nc3ccc(-c4cccc(C(=O)Nc5cccc(C)c5)c4)nc3s2)cc1. The summed E-state index contributed by atoms with van der Waals surface area (Å²) in [6.07, 6.45) is 0. The fourth-order valence-corrected chi connectivity index (χ4v) is 4.40. The van der Waals surface area contributed by atoms with E-state index < -0.39 is 0 Å². The zero-order valence-electron chi connectivity index (χ0n) is 18.3. The fraction of sp³-hybridized carbons (Fsp3) is 0.0741. The zero-order valence-corrected chi connectivity index (χ0v) is 19.1. The molecule has 1 amide bonds. The predicted octanol–water partition coefficient (Wildman–Crippen LogP) is 6.97. The molecule has 0 aliphatic carbocycles. The summed E-state index contributed by atoms with van der Waals surface area (Å²) in [7, 11) is 0. The van der Waals surface area contributed by atoms with Crippen LogP contribution in [0.25, 0.3) is 21.6 Å². The Balaban J connectivity index is 1.38. The van der Waals surface area contributed by atoms with Crippen molar-refractivity contribution in [1.29, 1.82) is 0 Å². The third kappa shape index (κ3) is 4.76. The quantitative estimate of drug-likeness (QED) is 0.303. The molecule has 3 aromatic carbocycles. The van der Waals surface area contributed by atoms with Gasteiger partial charge in [-0.15, -0.1) is 0 Å². The number of pyridine rings is 1. The number of amides is 1. The van der Waals surface area contributed by atoms with Crippen LogP contribution in [0.4, 0.5) is 16.5 Å². The first-order valence-corrected chi connectivity index (χ1v) is 11.4. The molecule has 0 saturated carbocycles. The number of aromatic nitrogens is 2. The number of hydrogen-bond acceptors (Lipinski definition) is 5. The smallest absolute Gasteiger partial charge is 0.255 e. The summed E-state index contributed by atoms with van der Waals surface area (Å²) in [6, 6.07) is 27.4. The summed E-state index contributed by atoms with van der Waals surface area (Å²) >= 11 is 1.51. The van der Waals surface area contributed by atoms with E-state index in [1.54, 1.807) is 0 Å². The Morgan fingerprint density at radius 1 is 0.788 bits per heavy atom. The minimum Gasteiger partial charge on any atom is -0.331 e. The lowest BCUT2D eigenvalue weighted by Gasteiger charge is -2.08. The summed E-state index contributed by atoms with van der Waals surface area (Å²) < 4.78 is 0. The molecule has 0 aliphatic rings. The molecular weight excluding hydrogens is 428 g/mol. The molecular formula is C27H22N4OS. The van der Waals surface area contributed by atoms with Crippen LogP contribution in [0.1, 0.15) is 21.5 Å². The van der Waals surface area contributed by atoms with Crippen molar-refractivity contribution in [1.82, 2.24) is 9.97 Å². The van der Waals surface area contributed by atoms with E-state index in [0.717, 1.165) is 43.7 Å². The minimum atomic E-state index is -0.147. The highest BCUT2D eigenvalue weighted by atomic mass is 32.1. The van der Waals surface area contributed by atoms with Crippen molar-refractivity contribution in [2.24, 2.45) is 0 Å². The molecule has 162 valence electrons. The molecule has 0 saturated heterocycles. The third-order valence-electron chi connectivity index (χ3n) is 5.25. The molecule has 2 N–H and O–H groups in total. The largest absolute Gasteiger partial charge is 0.331 e. The molecule has 0 spiro atoms. The minimum absolute atomic E-state index is 0.147. The molecule has 5 aromatic rings. The second kappa shape index (κ2) is 8.84. The fourth-order valence-electron chi connectivity index (χ4n) is 3.54. The van der Waals surface area contributed by atoms with E-state index >= 15 is 0 Å². The van der Waals surface area contributed by atoms with Gasteiger partial charge in [0.05, 0.1) is 5.69 Å². The molecule has 5 nitrogen and oxygen atoms in total. The maximum atomic E-state index is 12.8. The number of thiazole rings is 1. The Morgan fingerprint density at radius 2 is 1.61 bits per heavy atom. The van der Waals surface area contributed by atoms with Crippen molar-refractivity contribution in [3.05, 3.63) is 102 Å². The van der Waals surface area contributed by atoms with Crippen LogP contribution in [0.5, 0.6) is 0 Å². The second-order valence-electron chi connectivity index (χ2n) is 7.94. The van der Waals surface area contributed by atoms with Crippen molar-refractivity contribution in [2.75, 3.05) is 10.6 Å². The number of nitrogens with one attached hydrogen (secondary N) is 2. The molecule has 5 rings (SSSR count). The summed E-state index contributed by atoms with van der Waals surface area (Å²) in [5.41, 5.74) is 7.20. The van der Waals surface area contributed by atoms with Crippen LogP contribution in [0.2, 0.25) is 0 Å². The first-order chi connectivity index (χ1) is 16.0. The maximum absolute atomic E-state index is 12.8. The highest BCUT2D eigenvalue weighted by molar-refractivity contribution is 7.21. The molecule has 2 aromatic heterocycles. The van der Waals surface area contributed by atoms with Gasteiger partial charge >= 0.3 is 0 Å². The Bertz CT molecular complexity index is 1460. The second-order valence-corrected chi connectivity index (χ2v) is 8.91. The van der Waals surface area contributed by atoms with E-state index in [0.29, 0.717) is 5.56 Å². The maximum Gasteiger partial charge on any atom is 0.255 e. The average Bonchev–Trinajstić information content (AvgIpc) is 3.22. The number of carbonyl (C=O) groups is 1. The molecule has 0 radical (unpaired) electrons. The number of carbonyl (C=O) groups excluding carboxylic acids is 1. The van der Waals surface area contributed by atoms with Gasteiger partial charge in [0.15, 0.2) is 5.13 Å². The van der Waals surface area contributed by atoms with Crippen LogP contribution in [0.15, 0.2) is 84.9 Å². The topological polar surface area (TPSA) is 66.9 Å². The molecule has 2 heterocycles. The molecule has 0 bridgehead atoms. The third-order valence-corrected chi connectivity index (χ3v) is 6.14. The van der Waals surface area contributed by atoms with Crippen molar-refractivity contribution in [3.8, 4) is 11.3 Å². The first-order valence-electron chi connectivity index (χ1n) is 10.6. The number of anilines is 3. The van der Waals surface area contributed by atoms with Gasteiger partial charge in [-0.3, -0.25) is 4.79 Å². The summed E-state index contributed by atoms with van der Waals surface area (Å²) in [6.45, 7) is 4.06. The number of rotatable bonds is 5. The lowest BCUT2D eigenvalue weighted by Crippen LogP contribution is -2.11. The highest BCUT2D eigenvalue weighted by Gasteiger charge is 2.11. The van der Waals surface area contributed by atoms with Crippen LogP contribution < -0.4 is 10.6 Å². The number of aryl methyl sites for hydroxylation is 2. The van der Waals surface area contributed by atoms with E-state index in [9.17, 15) is 4.79 Å². The van der Waals surface area contributed by atoms with E-state index in [-0.39, 0.29) is 5.91 Å². The van der Waals surface area contributed by atoms with Gasteiger partial charge in [0, 0.05) is 22.5 Å². The standard InChI is InChI=1S/C27H22N4OS/c1-17-9-11-21(12-10-17)29-27-31-24-14-13-23(30-26(24)33-27)19-6-4-7-20(16-19)25(32)28-22-8-3-5-18(2)15-22/h3-16H,1-2H3,(H,28,32)(H,29,31). The normalized spacial score (nSPS) is 10.8. The van der Waals surface area contributed by atoms with E-state index in [1.165, 1.54) is 16.9 Å². The zero-order chi connectivity index (χ0) is 22.8. The van der Waals surface area contributed by atoms with Gasteiger partial charge in [-0.2, -0.15) is 0 Å². The summed E-state index contributed by atoms with van der Waals surface area (Å²) in [4.78, 5) is 23.1. The summed E-state index contributed by atoms with van der Waals surface area (Å²) in [5.74, 6) is -0.147. The van der Waals surface area contributed by atoms with Gasteiger partial charge < -0.3 is 10.6 Å². The Hall–Kier alpha value is -4.03. The predicted molar refractivity (Wildman–Crippen MR) is 136 cm³/mol. The Morgan fingerprint density at radius 3 is 2.42 bits per heavy atom. The van der Waals surface area contributed by atoms with Crippen LogP contribution in [-0.4, -0.2) is 15.9 Å². The lowest BCUT2D eigenvalue weighted by atomic mass is 10.1. The Labute approximate surface area is 196 Å². The molecule has 0 atom stereocenters. The molecule has 0 aliphatic heterocycles. The van der Waals surface area contributed by atoms with E-state index in [1.807, 2.05) is 79.7 Å². The van der Waals surface area contributed by atoms with Gasteiger partial charge in [-0.05, 0) is 67.9 Å². The molecule has 6 heteroatoms. The van der Waals surface area contributed by atoms with Crippen LogP contribution >= 0.6 is 11.3 Å². The molecule has 0 unspecified atom stereocenters. The van der Waals surface area contributed by atoms with Crippen LogP contribution in [0, 0.1) is 13.8 Å². The molecule has 33 heavy (non-hydrogen) atoms. The van der Waals surface area contributed by atoms with Gasteiger partial charge in [0.2, 0.25) is 0 Å². The van der Waals surface area contributed by atoms with Gasteiger partial charge in [0.1, 0.15) is 10.3 Å². The van der Waals surface area contributed by atoms with Crippen LogP contribution in [-0.2, 0) is 0 Å². The van der Waals surface area contributed by atoms with Crippen molar-refractivity contribution < 1.29 is 4.79 Å². The van der Waals surface area contributed by atoms with Crippen LogP contribution in [0.3, 0.4) is 0 Å². The summed E-state index contributed by atoms with van der Waals surface area (Å²) in [5, 5.41) is 7.10. The number of hydrogen-bond donors (Lipinski definition) is 2. The Kier molecular flexibility index (Phi) is 5.59. The van der Waals surface area contributed by atoms with Crippen molar-refractivity contribution in [3.63, 3.8) is 0 Å². The van der Waals surface area contributed by atoms with Crippen molar-refractivity contribution >= 4 is 44.1 Å².